The van der Waals surface area contributed by atoms with Crippen molar-refractivity contribution in [3.05, 3.63) is 16.3 Å². The lowest BCUT2D eigenvalue weighted by atomic mass is 10.3. The molecule has 17 heavy (non-hydrogen) atoms. The lowest BCUT2D eigenvalue weighted by molar-refractivity contribution is 0.170. The Morgan fingerprint density at radius 1 is 0.882 bits per heavy atom. The van der Waals surface area contributed by atoms with Crippen LogP contribution in [0.2, 0.25) is 0 Å². The highest BCUT2D eigenvalue weighted by atomic mass is 32.3. The van der Waals surface area contributed by atoms with E-state index < -0.39 is 20.0 Å². The van der Waals surface area contributed by atoms with Crippen molar-refractivity contribution >= 4 is 20.0 Å². The zero-order valence-corrected chi connectivity index (χ0v) is 9.92. The van der Waals surface area contributed by atoms with Gasteiger partial charge in [-0.15, -0.1) is 0 Å². The molecule has 2 heterocycles. The molecule has 0 saturated carbocycles. The van der Waals surface area contributed by atoms with Gasteiger partial charge in [0.15, 0.2) is 11.5 Å². The highest BCUT2D eigenvalue weighted by Crippen LogP contribution is 2.44. The number of hydrogen-bond acceptors (Lipinski definition) is 6. The summed E-state index contributed by atoms with van der Waals surface area (Å²) >= 11 is 0. The van der Waals surface area contributed by atoms with E-state index in [0.717, 1.165) is 12.1 Å². The maximum Gasteiger partial charge on any atom is 0.162 e. The number of ether oxygens (including phenoxy) is 2. The van der Waals surface area contributed by atoms with Crippen LogP contribution in [-0.4, -0.2) is 30.0 Å². The van der Waals surface area contributed by atoms with E-state index in [0.29, 0.717) is 0 Å². The van der Waals surface area contributed by atoms with Crippen molar-refractivity contribution in [1.82, 2.24) is 0 Å². The molecule has 9 heteroatoms. The normalized spacial score (nSPS) is 23.1. The van der Waals surface area contributed by atoms with Crippen molar-refractivity contribution in [1.29, 1.82) is 0 Å². The summed E-state index contributed by atoms with van der Waals surface area (Å²) < 4.78 is 59.2. The Kier molecular flexibility index (Phi) is 1.98. The molecular formula is C8H6NO6S2-. The first-order valence-corrected chi connectivity index (χ1v) is 7.46. The first-order chi connectivity index (χ1) is 7.90. The predicted octanol–water partition coefficient (Wildman–Crippen LogP) is 0.223. The average Bonchev–Trinajstić information content (AvgIpc) is 2.43. The number of hydrogen-bond donors (Lipinski definition) is 0. The van der Waals surface area contributed by atoms with Crippen LogP contribution in [0, 0.1) is 0 Å². The fourth-order valence-corrected chi connectivity index (χ4v) is 5.11. The summed E-state index contributed by atoms with van der Waals surface area (Å²) in [6, 6.07) is 2.26. The zero-order valence-electron chi connectivity index (χ0n) is 8.28. The second-order valence-corrected chi connectivity index (χ2v) is 6.84. The molecule has 0 aromatic heterocycles. The van der Waals surface area contributed by atoms with E-state index in [2.05, 4.69) is 4.13 Å². The Hall–Kier alpha value is -1.32. The Morgan fingerprint density at radius 2 is 1.29 bits per heavy atom. The number of rotatable bonds is 0. The summed E-state index contributed by atoms with van der Waals surface area (Å²) in [6.07, 6.45) is 0. The molecule has 0 N–H and O–H groups in total. The van der Waals surface area contributed by atoms with Crippen LogP contribution in [0.5, 0.6) is 11.5 Å². The monoisotopic (exact) mass is 276 g/mol. The van der Waals surface area contributed by atoms with Crippen molar-refractivity contribution < 1.29 is 26.3 Å². The van der Waals surface area contributed by atoms with Crippen LogP contribution in [0.1, 0.15) is 0 Å². The highest BCUT2D eigenvalue weighted by molar-refractivity contribution is 8.14. The van der Waals surface area contributed by atoms with Gasteiger partial charge < -0.3 is 13.6 Å². The third-order valence-electron chi connectivity index (χ3n) is 2.36. The number of benzene rings is 1. The number of fused-ring (bicyclic) bond motifs is 2. The van der Waals surface area contributed by atoms with Crippen molar-refractivity contribution in [2.45, 2.75) is 9.79 Å². The third-order valence-corrected chi connectivity index (χ3v) is 5.85. The lowest BCUT2D eigenvalue weighted by Crippen LogP contribution is -2.15. The minimum atomic E-state index is -4.15. The van der Waals surface area contributed by atoms with Crippen LogP contribution in [0.3, 0.4) is 0 Å². The van der Waals surface area contributed by atoms with Gasteiger partial charge in [0.05, 0.1) is 9.79 Å². The molecule has 2 aliphatic heterocycles. The zero-order chi connectivity index (χ0) is 12.3. The van der Waals surface area contributed by atoms with Crippen molar-refractivity contribution in [3.8, 4) is 11.5 Å². The van der Waals surface area contributed by atoms with Gasteiger partial charge in [-0.3, -0.25) is 0 Å². The summed E-state index contributed by atoms with van der Waals surface area (Å²) in [6.45, 7) is 0.575. The van der Waals surface area contributed by atoms with Crippen molar-refractivity contribution in [2.24, 2.45) is 0 Å². The average molecular weight is 276 g/mol. The van der Waals surface area contributed by atoms with Gasteiger partial charge in [0, 0.05) is 12.1 Å². The van der Waals surface area contributed by atoms with Gasteiger partial charge in [-0.25, -0.2) is 16.8 Å². The van der Waals surface area contributed by atoms with Crippen LogP contribution in [0.25, 0.3) is 4.13 Å². The molecule has 2 aliphatic rings. The van der Waals surface area contributed by atoms with E-state index in [1.54, 1.807) is 0 Å². The van der Waals surface area contributed by atoms with E-state index in [1.807, 2.05) is 0 Å². The minimum absolute atomic E-state index is 0.214. The van der Waals surface area contributed by atoms with E-state index in [9.17, 15) is 16.8 Å². The largest absolute Gasteiger partial charge is 0.486 e. The molecule has 3 rings (SSSR count). The molecule has 0 aliphatic carbocycles. The number of sulfonamides is 2. The van der Waals surface area contributed by atoms with Crippen LogP contribution in [-0.2, 0) is 20.0 Å². The summed E-state index contributed by atoms with van der Waals surface area (Å²) in [5, 5.41) is 0. The van der Waals surface area contributed by atoms with Crippen LogP contribution >= 0.6 is 0 Å². The summed E-state index contributed by atoms with van der Waals surface area (Å²) in [7, 11) is -8.29. The molecule has 0 saturated heterocycles. The Labute approximate surface area is 97.4 Å². The molecule has 92 valence electrons. The van der Waals surface area contributed by atoms with Gasteiger partial charge >= 0.3 is 0 Å². The van der Waals surface area contributed by atoms with Gasteiger partial charge in [-0.2, -0.15) is 0 Å². The molecule has 0 amide bonds. The fraction of sp³-hybridized carbons (Fsp3) is 0.250. The molecule has 0 atom stereocenters. The van der Waals surface area contributed by atoms with E-state index in [4.69, 9.17) is 9.47 Å². The third kappa shape index (κ3) is 1.50. The van der Waals surface area contributed by atoms with Crippen LogP contribution < -0.4 is 9.47 Å². The predicted molar refractivity (Wildman–Crippen MR) is 55.2 cm³/mol. The standard InChI is InChI=1S/C8H6NO6S2/c10-16(11)7-3-5-6(15-2-1-14-5)4-8(7)17(12,13)9-16/h3-4H,1-2H2/q-1. The number of nitrogens with zero attached hydrogens (tertiary/aromatic N) is 1. The summed E-state index contributed by atoms with van der Waals surface area (Å²) in [5.41, 5.74) is 0. The van der Waals surface area contributed by atoms with E-state index in [1.165, 1.54) is 0 Å². The Balaban J connectivity index is 2.36. The van der Waals surface area contributed by atoms with Crippen LogP contribution in [0.15, 0.2) is 21.9 Å². The first kappa shape index (κ1) is 10.8. The van der Waals surface area contributed by atoms with Gasteiger partial charge in [0.25, 0.3) is 0 Å². The smallest absolute Gasteiger partial charge is 0.162 e. The van der Waals surface area contributed by atoms with Gasteiger partial charge in [0.2, 0.25) is 0 Å². The minimum Gasteiger partial charge on any atom is -0.486 e. The fourth-order valence-electron chi connectivity index (χ4n) is 1.66. The molecular weight excluding hydrogens is 270 g/mol. The van der Waals surface area contributed by atoms with Crippen molar-refractivity contribution in [2.75, 3.05) is 13.2 Å². The molecule has 0 unspecified atom stereocenters. The molecule has 0 radical (unpaired) electrons. The topological polar surface area (TPSA) is 101 Å². The second-order valence-electron chi connectivity index (χ2n) is 3.47. The Bertz CT molecular complexity index is 645. The quantitative estimate of drug-likeness (QED) is 0.672. The molecule has 0 bridgehead atoms. The van der Waals surface area contributed by atoms with E-state index >= 15 is 0 Å². The molecule has 1 aromatic carbocycles. The van der Waals surface area contributed by atoms with Gasteiger partial charge in [0.1, 0.15) is 33.3 Å². The Morgan fingerprint density at radius 3 is 1.71 bits per heavy atom. The van der Waals surface area contributed by atoms with E-state index in [-0.39, 0.29) is 34.5 Å². The second kappa shape index (κ2) is 3.12. The molecule has 1 aromatic rings. The molecule has 7 nitrogen and oxygen atoms in total. The highest BCUT2D eigenvalue weighted by Gasteiger charge is 2.30. The van der Waals surface area contributed by atoms with Gasteiger partial charge in [-0.05, 0) is 0 Å². The molecule has 0 spiro atoms. The summed E-state index contributed by atoms with van der Waals surface area (Å²) in [4.78, 5) is -0.719. The SMILES string of the molecule is O=S1(=O)[N-]S(=O)(=O)c2cc3c(cc21)OCCO3. The first-order valence-electron chi connectivity index (χ1n) is 4.58. The lowest BCUT2D eigenvalue weighted by Gasteiger charge is -2.19. The van der Waals surface area contributed by atoms with Crippen molar-refractivity contribution in [3.63, 3.8) is 0 Å². The maximum absolute atomic E-state index is 11.5. The van der Waals surface area contributed by atoms with Gasteiger partial charge in [-0.1, -0.05) is 0 Å². The van der Waals surface area contributed by atoms with Crippen LogP contribution in [0.4, 0.5) is 0 Å². The maximum atomic E-state index is 11.5. The summed E-state index contributed by atoms with van der Waals surface area (Å²) in [5.74, 6) is 0.428. The molecule has 0 fully saturated rings.